The van der Waals surface area contributed by atoms with Gasteiger partial charge in [0.25, 0.3) is 0 Å². The van der Waals surface area contributed by atoms with E-state index in [4.69, 9.17) is 15.2 Å². The van der Waals surface area contributed by atoms with Crippen molar-refractivity contribution in [2.75, 3.05) is 14.2 Å². The lowest BCUT2D eigenvalue weighted by Crippen LogP contribution is -2.41. The lowest BCUT2D eigenvalue weighted by Gasteiger charge is -2.26. The Morgan fingerprint density at radius 3 is 2.56 bits per heavy atom. The number of halogens is 2. The molecule has 0 bridgehead atoms. The number of rotatable bonds is 4. The molecule has 0 heterocycles. The van der Waals surface area contributed by atoms with Gasteiger partial charge in [-0.1, -0.05) is 0 Å². The average Bonchev–Trinajstić information content (AvgIpc) is 2.74. The summed E-state index contributed by atoms with van der Waals surface area (Å²) in [6, 6.07) is 1.83. The van der Waals surface area contributed by atoms with E-state index in [0.29, 0.717) is 24.0 Å². The normalized spacial score (nSPS) is 20.2. The van der Waals surface area contributed by atoms with Crippen LogP contribution in [-0.2, 0) is 15.9 Å². The number of benzene rings is 1. The fourth-order valence-corrected chi connectivity index (χ4v) is 2.67. The summed E-state index contributed by atoms with van der Waals surface area (Å²) in [5.74, 6) is -1.21. The van der Waals surface area contributed by atoms with Gasteiger partial charge in [0.15, 0.2) is 6.29 Å². The summed E-state index contributed by atoms with van der Waals surface area (Å²) in [7, 11) is 2.99. The molecule has 18 heavy (non-hydrogen) atoms. The molecular weight excluding hydrogens is 240 g/mol. The smallest absolute Gasteiger partial charge is 0.172 e. The number of ether oxygens (including phenoxy) is 2. The van der Waals surface area contributed by atoms with Gasteiger partial charge < -0.3 is 15.2 Å². The van der Waals surface area contributed by atoms with Crippen molar-refractivity contribution >= 4 is 0 Å². The number of fused-ring (bicyclic) bond motifs is 1. The van der Waals surface area contributed by atoms with Crippen molar-refractivity contribution in [3.63, 3.8) is 0 Å². The average molecular weight is 257 g/mol. The Bertz CT molecular complexity index is 435. The molecule has 2 unspecified atom stereocenters. The van der Waals surface area contributed by atoms with Crippen LogP contribution in [0.2, 0.25) is 0 Å². The fraction of sp³-hybridized carbons (Fsp3) is 0.538. The first-order chi connectivity index (χ1) is 8.58. The minimum Gasteiger partial charge on any atom is -0.354 e. The van der Waals surface area contributed by atoms with Gasteiger partial charge in [-0.2, -0.15) is 0 Å². The van der Waals surface area contributed by atoms with Gasteiger partial charge in [0.05, 0.1) is 6.04 Å². The molecule has 2 atom stereocenters. The Morgan fingerprint density at radius 1 is 1.28 bits per heavy atom. The van der Waals surface area contributed by atoms with Crippen LogP contribution in [0.5, 0.6) is 0 Å². The third-order valence-electron chi connectivity index (χ3n) is 3.54. The second kappa shape index (κ2) is 5.30. The highest BCUT2D eigenvalue weighted by atomic mass is 19.1. The highest BCUT2D eigenvalue weighted by Crippen LogP contribution is 2.38. The van der Waals surface area contributed by atoms with Gasteiger partial charge in [-0.05, 0) is 30.0 Å². The van der Waals surface area contributed by atoms with E-state index in [-0.39, 0.29) is 5.92 Å². The van der Waals surface area contributed by atoms with Gasteiger partial charge in [-0.15, -0.1) is 0 Å². The molecule has 2 rings (SSSR count). The van der Waals surface area contributed by atoms with Crippen LogP contribution in [0, 0.1) is 11.6 Å². The molecule has 0 aliphatic heterocycles. The molecule has 0 saturated heterocycles. The maximum absolute atomic E-state index is 13.6. The Kier molecular flexibility index (Phi) is 3.94. The molecule has 1 aromatic rings. The van der Waals surface area contributed by atoms with Crippen molar-refractivity contribution in [1.29, 1.82) is 0 Å². The topological polar surface area (TPSA) is 44.5 Å². The number of hydrogen-bond donors (Lipinski definition) is 1. The van der Waals surface area contributed by atoms with Crippen molar-refractivity contribution in [3.05, 3.63) is 34.9 Å². The highest BCUT2D eigenvalue weighted by Gasteiger charge is 2.34. The first kappa shape index (κ1) is 13.4. The largest absolute Gasteiger partial charge is 0.354 e. The molecule has 0 radical (unpaired) electrons. The van der Waals surface area contributed by atoms with E-state index >= 15 is 0 Å². The van der Waals surface area contributed by atoms with Gasteiger partial charge in [0.2, 0.25) is 0 Å². The van der Waals surface area contributed by atoms with Crippen molar-refractivity contribution in [2.24, 2.45) is 5.73 Å². The third-order valence-corrected chi connectivity index (χ3v) is 3.54. The lowest BCUT2D eigenvalue weighted by atomic mass is 9.93. The van der Waals surface area contributed by atoms with Crippen LogP contribution in [-0.4, -0.2) is 26.6 Å². The quantitative estimate of drug-likeness (QED) is 0.838. The molecule has 0 amide bonds. The van der Waals surface area contributed by atoms with Gasteiger partial charge in [-0.25, -0.2) is 8.78 Å². The molecule has 100 valence electrons. The summed E-state index contributed by atoms with van der Waals surface area (Å²) in [5.41, 5.74) is 7.26. The summed E-state index contributed by atoms with van der Waals surface area (Å²) in [5, 5.41) is 0. The monoisotopic (exact) mass is 257 g/mol. The zero-order valence-electron chi connectivity index (χ0n) is 10.5. The Hall–Kier alpha value is -1.04. The van der Waals surface area contributed by atoms with Crippen LogP contribution in [0.1, 0.15) is 23.5 Å². The lowest BCUT2D eigenvalue weighted by molar-refractivity contribution is -0.120. The first-order valence-electron chi connectivity index (χ1n) is 5.87. The van der Waals surface area contributed by atoms with Crippen LogP contribution in [0.15, 0.2) is 12.1 Å². The predicted molar refractivity (Wildman–Crippen MR) is 63.2 cm³/mol. The van der Waals surface area contributed by atoms with Crippen molar-refractivity contribution in [3.8, 4) is 0 Å². The van der Waals surface area contributed by atoms with Crippen molar-refractivity contribution in [1.82, 2.24) is 0 Å². The summed E-state index contributed by atoms with van der Waals surface area (Å²) in [6.45, 7) is 0. The zero-order valence-corrected chi connectivity index (χ0v) is 10.5. The molecular formula is C13H17F2NO2. The van der Waals surface area contributed by atoms with Gasteiger partial charge in [0.1, 0.15) is 11.6 Å². The first-order valence-corrected chi connectivity index (χ1v) is 5.87. The SMILES string of the molecule is COC(OC)C(N)C1CCc2c(F)cc(F)cc21. The second-order valence-corrected chi connectivity index (χ2v) is 4.52. The number of nitrogens with two attached hydrogens (primary N) is 1. The van der Waals surface area contributed by atoms with E-state index in [0.717, 1.165) is 6.07 Å². The molecule has 1 aliphatic carbocycles. The standard InChI is InChI=1S/C13H17F2NO2/c1-17-13(18-2)12(16)9-4-3-8-10(9)5-7(14)6-11(8)15/h5-6,9,12-13H,3-4,16H2,1-2H3. The Morgan fingerprint density at radius 2 is 1.94 bits per heavy atom. The Labute approximate surface area is 105 Å². The van der Waals surface area contributed by atoms with E-state index in [9.17, 15) is 8.78 Å². The second-order valence-electron chi connectivity index (χ2n) is 4.52. The number of methoxy groups -OCH3 is 2. The molecule has 0 aromatic heterocycles. The molecule has 0 saturated carbocycles. The van der Waals surface area contributed by atoms with Gasteiger partial charge in [-0.3, -0.25) is 0 Å². The third kappa shape index (κ3) is 2.25. The molecule has 1 aromatic carbocycles. The summed E-state index contributed by atoms with van der Waals surface area (Å²) in [4.78, 5) is 0. The minimum atomic E-state index is -0.577. The van der Waals surface area contributed by atoms with Crippen LogP contribution in [0.3, 0.4) is 0 Å². The summed E-state index contributed by atoms with van der Waals surface area (Å²) < 4.78 is 37.1. The maximum atomic E-state index is 13.6. The van der Waals surface area contributed by atoms with Crippen molar-refractivity contribution < 1.29 is 18.3 Å². The van der Waals surface area contributed by atoms with E-state index in [1.54, 1.807) is 0 Å². The van der Waals surface area contributed by atoms with E-state index in [1.165, 1.54) is 20.3 Å². The molecule has 3 nitrogen and oxygen atoms in total. The van der Waals surface area contributed by atoms with Crippen LogP contribution in [0.25, 0.3) is 0 Å². The summed E-state index contributed by atoms with van der Waals surface area (Å²) in [6.07, 6.45) is 0.673. The van der Waals surface area contributed by atoms with E-state index < -0.39 is 24.0 Å². The molecule has 2 N–H and O–H groups in total. The molecule has 0 spiro atoms. The summed E-state index contributed by atoms with van der Waals surface area (Å²) >= 11 is 0. The molecule has 1 aliphatic rings. The zero-order chi connectivity index (χ0) is 13.3. The highest BCUT2D eigenvalue weighted by molar-refractivity contribution is 5.37. The Balaban J connectivity index is 2.31. The maximum Gasteiger partial charge on any atom is 0.172 e. The van der Waals surface area contributed by atoms with Crippen LogP contribution in [0.4, 0.5) is 8.78 Å². The van der Waals surface area contributed by atoms with E-state index in [1.807, 2.05) is 0 Å². The molecule has 0 fully saturated rings. The number of hydrogen-bond acceptors (Lipinski definition) is 3. The van der Waals surface area contributed by atoms with Gasteiger partial charge in [0, 0.05) is 26.2 Å². The fourth-order valence-electron chi connectivity index (χ4n) is 2.67. The van der Waals surface area contributed by atoms with E-state index in [2.05, 4.69) is 0 Å². The van der Waals surface area contributed by atoms with Crippen LogP contribution < -0.4 is 5.73 Å². The molecule has 5 heteroatoms. The predicted octanol–water partition coefficient (Wildman–Crippen LogP) is 1.94. The van der Waals surface area contributed by atoms with Gasteiger partial charge >= 0.3 is 0 Å². The minimum absolute atomic E-state index is 0.143. The van der Waals surface area contributed by atoms with Crippen molar-refractivity contribution in [2.45, 2.75) is 31.1 Å². The van der Waals surface area contributed by atoms with Crippen LogP contribution >= 0.6 is 0 Å².